The van der Waals surface area contributed by atoms with E-state index in [0.717, 1.165) is 12.3 Å². The number of hydrogen-bond donors (Lipinski definition) is 1. The first-order chi connectivity index (χ1) is 9.20. The van der Waals surface area contributed by atoms with Gasteiger partial charge in [0, 0.05) is 6.04 Å². The average Bonchev–Trinajstić information content (AvgIpc) is 2.92. The molecule has 0 aromatic heterocycles. The molecule has 0 bridgehead atoms. The second-order valence-corrected chi connectivity index (χ2v) is 7.10. The first-order valence-electron chi connectivity index (χ1n) is 7.60. The molecule has 1 aromatic carbocycles. The van der Waals surface area contributed by atoms with E-state index in [1.807, 2.05) is 0 Å². The zero-order chi connectivity index (χ0) is 13.7. The molecule has 2 atom stereocenters. The fourth-order valence-electron chi connectivity index (χ4n) is 2.74. The molecule has 2 heteroatoms. The molecule has 1 saturated heterocycles. The summed E-state index contributed by atoms with van der Waals surface area (Å²) < 4.78 is 0. The first-order valence-corrected chi connectivity index (χ1v) is 8.76. The van der Waals surface area contributed by atoms with Gasteiger partial charge in [0.05, 0.1) is 0 Å². The summed E-state index contributed by atoms with van der Waals surface area (Å²) in [7, 11) is 0. The molecule has 0 aliphatic carbocycles. The predicted molar refractivity (Wildman–Crippen MR) is 86.8 cm³/mol. The smallest absolute Gasteiger partial charge is 0.0343 e. The lowest BCUT2D eigenvalue weighted by Gasteiger charge is -2.25. The zero-order valence-corrected chi connectivity index (χ0v) is 13.3. The highest BCUT2D eigenvalue weighted by Crippen LogP contribution is 2.26. The van der Waals surface area contributed by atoms with Gasteiger partial charge in [0.25, 0.3) is 0 Å². The minimum absolute atomic E-state index is 0.497. The van der Waals surface area contributed by atoms with Crippen LogP contribution in [0.25, 0.3) is 0 Å². The second kappa shape index (κ2) is 7.35. The molecule has 0 spiro atoms. The van der Waals surface area contributed by atoms with Crippen LogP contribution in [0.5, 0.6) is 0 Å². The van der Waals surface area contributed by atoms with Crippen LogP contribution in [0, 0.1) is 11.8 Å². The van der Waals surface area contributed by atoms with Crippen molar-refractivity contribution in [1.29, 1.82) is 0 Å². The Morgan fingerprint density at radius 1 is 1.26 bits per heavy atom. The highest BCUT2D eigenvalue weighted by Gasteiger charge is 2.20. The second-order valence-electron chi connectivity index (χ2n) is 5.95. The van der Waals surface area contributed by atoms with E-state index in [9.17, 15) is 0 Å². The first kappa shape index (κ1) is 14.9. The Morgan fingerprint density at radius 3 is 2.53 bits per heavy atom. The van der Waals surface area contributed by atoms with Crippen LogP contribution in [0.1, 0.15) is 44.4 Å². The third-order valence-electron chi connectivity index (χ3n) is 4.06. The summed E-state index contributed by atoms with van der Waals surface area (Å²) in [6.45, 7) is 8.01. The van der Waals surface area contributed by atoms with E-state index in [4.69, 9.17) is 0 Å². The van der Waals surface area contributed by atoms with Gasteiger partial charge >= 0.3 is 0 Å². The normalized spacial score (nSPS) is 20.9. The molecule has 1 aliphatic rings. The van der Waals surface area contributed by atoms with Crippen LogP contribution in [0.3, 0.4) is 0 Å². The third kappa shape index (κ3) is 4.25. The molecule has 1 fully saturated rings. The minimum Gasteiger partial charge on any atom is -0.309 e. The van der Waals surface area contributed by atoms with Crippen molar-refractivity contribution in [3.8, 4) is 0 Å². The van der Waals surface area contributed by atoms with Crippen molar-refractivity contribution in [2.75, 3.05) is 18.1 Å². The summed E-state index contributed by atoms with van der Waals surface area (Å²) in [6.07, 6.45) is 2.51. The number of benzene rings is 1. The standard InChI is InChI=1S/C17H27NS/c1-4-14-5-7-16(8-6-14)17(13(2)3)18-11-15-9-10-19-12-15/h5-8,13,15,17-18H,4,9-12H2,1-3H3. The van der Waals surface area contributed by atoms with Crippen molar-refractivity contribution < 1.29 is 0 Å². The lowest BCUT2D eigenvalue weighted by molar-refractivity contribution is 0.381. The summed E-state index contributed by atoms with van der Waals surface area (Å²) in [5.41, 5.74) is 2.87. The molecular weight excluding hydrogens is 250 g/mol. The molecule has 106 valence electrons. The van der Waals surface area contributed by atoms with E-state index in [0.29, 0.717) is 12.0 Å². The SMILES string of the molecule is CCc1ccc(C(NCC2CCSC2)C(C)C)cc1. The summed E-state index contributed by atoms with van der Waals surface area (Å²) in [6, 6.07) is 9.66. The molecule has 19 heavy (non-hydrogen) atoms. The molecule has 1 heterocycles. The van der Waals surface area contributed by atoms with Crippen molar-refractivity contribution in [3.05, 3.63) is 35.4 Å². The van der Waals surface area contributed by atoms with Crippen LogP contribution in [0.4, 0.5) is 0 Å². The lowest BCUT2D eigenvalue weighted by Crippen LogP contribution is -2.30. The molecular formula is C17H27NS. The monoisotopic (exact) mass is 277 g/mol. The molecule has 0 amide bonds. The van der Waals surface area contributed by atoms with Gasteiger partial charge in [-0.1, -0.05) is 45.0 Å². The van der Waals surface area contributed by atoms with Crippen LogP contribution in [0.15, 0.2) is 24.3 Å². The van der Waals surface area contributed by atoms with Crippen LogP contribution in [-0.4, -0.2) is 18.1 Å². The third-order valence-corrected chi connectivity index (χ3v) is 5.30. The fraction of sp³-hybridized carbons (Fsp3) is 0.647. The van der Waals surface area contributed by atoms with Crippen molar-refractivity contribution in [1.82, 2.24) is 5.32 Å². The van der Waals surface area contributed by atoms with Crippen molar-refractivity contribution >= 4 is 11.8 Å². The van der Waals surface area contributed by atoms with Gasteiger partial charge < -0.3 is 5.32 Å². The number of aryl methyl sites for hydroxylation is 1. The van der Waals surface area contributed by atoms with Gasteiger partial charge in [0.15, 0.2) is 0 Å². The molecule has 2 unspecified atom stereocenters. The molecule has 0 radical (unpaired) electrons. The number of hydrogen-bond acceptors (Lipinski definition) is 2. The topological polar surface area (TPSA) is 12.0 Å². The lowest BCUT2D eigenvalue weighted by atomic mass is 9.94. The maximum Gasteiger partial charge on any atom is 0.0343 e. The van der Waals surface area contributed by atoms with Crippen molar-refractivity contribution in [3.63, 3.8) is 0 Å². The Kier molecular flexibility index (Phi) is 5.77. The van der Waals surface area contributed by atoms with Crippen LogP contribution >= 0.6 is 11.8 Å². The van der Waals surface area contributed by atoms with Crippen LogP contribution in [0.2, 0.25) is 0 Å². The van der Waals surface area contributed by atoms with Gasteiger partial charge in [-0.05, 0) is 53.9 Å². The summed E-state index contributed by atoms with van der Waals surface area (Å²) in [4.78, 5) is 0. The predicted octanol–water partition coefficient (Wildman–Crippen LogP) is 4.29. The number of nitrogens with one attached hydrogen (secondary N) is 1. The Bertz CT molecular complexity index is 365. The fourth-order valence-corrected chi connectivity index (χ4v) is 4.02. The van der Waals surface area contributed by atoms with Crippen LogP contribution in [-0.2, 0) is 6.42 Å². The Labute approximate surface area is 122 Å². The average molecular weight is 277 g/mol. The molecule has 1 aromatic rings. The van der Waals surface area contributed by atoms with Crippen molar-refractivity contribution in [2.45, 2.75) is 39.7 Å². The van der Waals surface area contributed by atoms with Gasteiger partial charge in [-0.2, -0.15) is 11.8 Å². The number of thioether (sulfide) groups is 1. The quantitative estimate of drug-likeness (QED) is 0.832. The van der Waals surface area contributed by atoms with E-state index >= 15 is 0 Å². The molecule has 1 nitrogen and oxygen atoms in total. The van der Waals surface area contributed by atoms with E-state index < -0.39 is 0 Å². The highest BCUT2D eigenvalue weighted by atomic mass is 32.2. The van der Waals surface area contributed by atoms with Crippen molar-refractivity contribution in [2.24, 2.45) is 11.8 Å². The summed E-state index contributed by atoms with van der Waals surface area (Å²) in [5.74, 6) is 4.21. The van der Waals surface area contributed by atoms with E-state index in [1.165, 1.54) is 35.6 Å². The maximum absolute atomic E-state index is 3.80. The Morgan fingerprint density at radius 2 is 2.00 bits per heavy atom. The summed E-state index contributed by atoms with van der Waals surface area (Å²) >= 11 is 2.10. The van der Waals surface area contributed by atoms with Gasteiger partial charge in [-0.3, -0.25) is 0 Å². The Balaban J connectivity index is 1.97. The van der Waals surface area contributed by atoms with Gasteiger partial charge in [-0.15, -0.1) is 0 Å². The van der Waals surface area contributed by atoms with E-state index in [2.05, 4.69) is 62.1 Å². The van der Waals surface area contributed by atoms with Gasteiger partial charge in [0.2, 0.25) is 0 Å². The minimum atomic E-state index is 0.497. The highest BCUT2D eigenvalue weighted by molar-refractivity contribution is 7.99. The van der Waals surface area contributed by atoms with E-state index in [-0.39, 0.29) is 0 Å². The van der Waals surface area contributed by atoms with Crippen LogP contribution < -0.4 is 5.32 Å². The Hall–Kier alpha value is -0.470. The largest absolute Gasteiger partial charge is 0.309 e. The van der Waals surface area contributed by atoms with E-state index in [1.54, 1.807) is 0 Å². The maximum atomic E-state index is 3.80. The van der Waals surface area contributed by atoms with Gasteiger partial charge in [0.1, 0.15) is 0 Å². The van der Waals surface area contributed by atoms with Gasteiger partial charge in [-0.25, -0.2) is 0 Å². The molecule has 2 rings (SSSR count). The number of rotatable bonds is 6. The molecule has 1 N–H and O–H groups in total. The molecule has 1 aliphatic heterocycles. The molecule has 0 saturated carbocycles. The zero-order valence-electron chi connectivity index (χ0n) is 12.5. The summed E-state index contributed by atoms with van der Waals surface area (Å²) in [5, 5.41) is 3.80.